The van der Waals surface area contributed by atoms with Gasteiger partial charge in [0.05, 0.1) is 11.1 Å². The zero-order valence-corrected chi connectivity index (χ0v) is 12.4. The number of carboxylic acid groups (broad SMARTS) is 1. The minimum absolute atomic E-state index is 0. The number of alkyl halides is 3. The molecule has 0 aliphatic heterocycles. The number of benzene rings is 1. The molecule has 1 N–H and O–H groups in total. The molecule has 0 aliphatic rings. The summed E-state index contributed by atoms with van der Waals surface area (Å²) in [5, 5.41) is 17.1. The normalized spacial score (nSPS) is 11.3. The molecule has 0 spiro atoms. The van der Waals surface area contributed by atoms with Crippen LogP contribution in [0.3, 0.4) is 0 Å². The van der Waals surface area contributed by atoms with Crippen LogP contribution < -0.4 is 51.4 Å². The Morgan fingerprint density at radius 3 is 2.17 bits per heavy atom. The second-order valence-electron chi connectivity index (χ2n) is 3.08. The van der Waals surface area contributed by atoms with Crippen molar-refractivity contribution in [1.29, 1.82) is 5.26 Å². The molecule has 0 aliphatic carbocycles. The zero-order chi connectivity index (χ0) is 13.1. The molecule has 0 fully saturated rings. The molecule has 0 saturated carbocycles. The topological polar surface area (TPSA) is 61.1 Å². The summed E-state index contributed by atoms with van der Waals surface area (Å²) in [6.45, 7) is 0. The minimum Gasteiger partial charge on any atom is -1.00 e. The Labute approximate surface area is 145 Å². The average Bonchev–Trinajstić information content (AvgIpc) is 2.24. The van der Waals surface area contributed by atoms with Crippen molar-refractivity contribution in [2.24, 2.45) is 0 Å². The number of rotatable bonds is 2. The van der Waals surface area contributed by atoms with E-state index in [2.05, 4.69) is 0 Å². The fraction of sp³-hybridized carbons (Fsp3) is 0.0909. The second-order valence-corrected chi connectivity index (χ2v) is 3.08. The van der Waals surface area contributed by atoms with Gasteiger partial charge >= 0.3 is 63.5 Å². The third-order valence-electron chi connectivity index (χ3n) is 1.91. The summed E-state index contributed by atoms with van der Waals surface area (Å²) in [5.74, 6) is -1.33. The van der Waals surface area contributed by atoms with Crippen LogP contribution in [0.5, 0.6) is 0 Å². The molecule has 3 nitrogen and oxygen atoms in total. The zero-order valence-electron chi connectivity index (χ0n) is 10.3. The molecule has 0 heterocycles. The monoisotopic (exact) mass is 281 g/mol. The molecule has 1 aromatic carbocycles. The Balaban J connectivity index is 0. The van der Waals surface area contributed by atoms with E-state index in [-0.39, 0.29) is 63.9 Å². The van der Waals surface area contributed by atoms with E-state index in [0.717, 1.165) is 24.3 Å². The Bertz CT molecular complexity index is 506. The van der Waals surface area contributed by atoms with Crippen molar-refractivity contribution in [3.8, 4) is 6.07 Å². The number of carboxylic acids is 1. The first-order chi connectivity index (χ1) is 7.84. The van der Waals surface area contributed by atoms with Gasteiger partial charge in [0.2, 0.25) is 0 Å². The molecule has 18 heavy (non-hydrogen) atoms. The molecule has 0 radical (unpaired) electrons. The van der Waals surface area contributed by atoms with Gasteiger partial charge in [0.15, 0.2) is 0 Å². The summed E-state index contributed by atoms with van der Waals surface area (Å²) in [7, 11) is 0. The maximum atomic E-state index is 12.2. The average molecular weight is 281 g/mol. The molecule has 0 atom stereocenters. The first-order valence-electron chi connectivity index (χ1n) is 4.37. The van der Waals surface area contributed by atoms with Crippen molar-refractivity contribution < 1.29 is 75.9 Å². The maximum Gasteiger partial charge on any atom is 1.00 e. The van der Waals surface area contributed by atoms with Crippen molar-refractivity contribution in [2.75, 3.05) is 0 Å². The third kappa shape index (κ3) is 4.92. The van der Waals surface area contributed by atoms with Crippen LogP contribution >= 0.6 is 0 Å². The Hall–Kier alpha value is -0.654. The fourth-order valence-corrected chi connectivity index (χ4v) is 1.14. The van der Waals surface area contributed by atoms with Crippen LogP contribution in [0, 0.1) is 11.3 Å². The van der Waals surface area contributed by atoms with Crippen molar-refractivity contribution in [1.82, 2.24) is 0 Å². The summed E-state index contributed by atoms with van der Waals surface area (Å²) >= 11 is 0. The quantitative estimate of drug-likeness (QED) is 0.464. The number of nitriles is 1. The summed E-state index contributed by atoms with van der Waals surface area (Å²) in [4.78, 5) is 10.4. The van der Waals surface area contributed by atoms with Crippen molar-refractivity contribution in [3.05, 3.63) is 41.5 Å². The molecular weight excluding hydrogens is 274 g/mol. The molecule has 1 aromatic rings. The first kappa shape index (κ1) is 17.3. The van der Waals surface area contributed by atoms with Crippen LogP contribution in [0.1, 0.15) is 12.6 Å². The number of carbonyl (C=O) groups is 1. The van der Waals surface area contributed by atoms with Gasteiger partial charge in [0.1, 0.15) is 6.07 Å². The van der Waals surface area contributed by atoms with Gasteiger partial charge < -0.3 is 6.53 Å². The number of hydrogen-bond donors (Lipinski definition) is 1. The number of halogens is 3. The van der Waals surface area contributed by atoms with Gasteiger partial charge in [-0.2, -0.15) is 18.4 Å². The Morgan fingerprint density at radius 2 is 1.83 bits per heavy atom. The summed E-state index contributed by atoms with van der Waals surface area (Å²) in [6, 6.07) is 5.31. The molecule has 90 valence electrons. The first-order valence-corrected chi connectivity index (χ1v) is 4.37. The molecule has 0 amide bonds. The van der Waals surface area contributed by atoms with E-state index in [1.54, 1.807) is 6.07 Å². The van der Waals surface area contributed by atoms with E-state index in [1.165, 1.54) is 0 Å². The van der Waals surface area contributed by atoms with Crippen LogP contribution in [0.4, 0.5) is 13.2 Å². The fourth-order valence-electron chi connectivity index (χ4n) is 1.14. The Morgan fingerprint density at radius 1 is 1.33 bits per heavy atom. The van der Waals surface area contributed by atoms with Crippen molar-refractivity contribution >= 4 is 11.5 Å². The SMILES string of the molecule is N#CC(=CC(=O)O)c1ccc(C(F)(F)F)cc1.[H-].[K+]. The molecule has 0 bridgehead atoms. The van der Waals surface area contributed by atoms with Crippen LogP contribution in [0.2, 0.25) is 0 Å². The molecule has 7 heteroatoms. The van der Waals surface area contributed by atoms with E-state index >= 15 is 0 Å². The van der Waals surface area contributed by atoms with Crippen LogP contribution in [-0.2, 0) is 11.0 Å². The smallest absolute Gasteiger partial charge is 1.00 e. The van der Waals surface area contributed by atoms with Gasteiger partial charge in [0.25, 0.3) is 0 Å². The molecule has 0 saturated heterocycles. The van der Waals surface area contributed by atoms with Crippen molar-refractivity contribution in [2.45, 2.75) is 6.18 Å². The van der Waals surface area contributed by atoms with Gasteiger partial charge in [-0.1, -0.05) is 12.1 Å². The van der Waals surface area contributed by atoms with Crippen LogP contribution in [-0.4, -0.2) is 11.1 Å². The maximum absolute atomic E-state index is 12.2. The number of nitrogens with zero attached hydrogens (tertiary/aromatic N) is 1. The number of aliphatic carboxylic acids is 1. The van der Waals surface area contributed by atoms with Crippen LogP contribution in [0.25, 0.3) is 5.57 Å². The molecule has 0 aromatic heterocycles. The summed E-state index contributed by atoms with van der Waals surface area (Å²) < 4.78 is 36.7. The van der Waals surface area contributed by atoms with Gasteiger partial charge in [-0.15, -0.1) is 0 Å². The predicted molar refractivity (Wildman–Crippen MR) is 53.8 cm³/mol. The van der Waals surface area contributed by atoms with Gasteiger partial charge in [-0.25, -0.2) is 4.79 Å². The summed E-state index contributed by atoms with van der Waals surface area (Å²) in [6.07, 6.45) is -3.82. The van der Waals surface area contributed by atoms with E-state index in [1.807, 2.05) is 0 Å². The second kappa shape index (κ2) is 7.06. The molecule has 1 rings (SSSR count). The third-order valence-corrected chi connectivity index (χ3v) is 1.91. The number of hydrogen-bond acceptors (Lipinski definition) is 2. The van der Waals surface area contributed by atoms with E-state index in [4.69, 9.17) is 10.4 Å². The number of allylic oxidation sites excluding steroid dienone is 1. The Kier molecular flexibility index (Phi) is 6.81. The van der Waals surface area contributed by atoms with Crippen LogP contribution in [0.15, 0.2) is 30.3 Å². The van der Waals surface area contributed by atoms with Gasteiger partial charge in [-0.05, 0) is 17.7 Å². The summed E-state index contributed by atoms with van der Waals surface area (Å²) in [5.41, 5.74) is -0.928. The van der Waals surface area contributed by atoms with E-state index in [9.17, 15) is 18.0 Å². The predicted octanol–water partition coefficient (Wildman–Crippen LogP) is -0.187. The largest absolute Gasteiger partial charge is 1.00 e. The van der Waals surface area contributed by atoms with Gasteiger partial charge in [-0.3, -0.25) is 0 Å². The molecule has 0 unspecified atom stereocenters. The van der Waals surface area contributed by atoms with Gasteiger partial charge in [0, 0.05) is 6.08 Å². The molecular formula is C11H7F3KNO2. The van der Waals surface area contributed by atoms with Crippen molar-refractivity contribution in [3.63, 3.8) is 0 Å². The van der Waals surface area contributed by atoms with E-state index in [0.29, 0.717) is 6.08 Å². The minimum atomic E-state index is -4.46. The standard InChI is InChI=1S/C11H6F3NO2.K.H/c12-11(13,14)9-3-1-7(2-4-9)8(6-15)5-10(16)17;;/h1-5H,(H,16,17);;/q;+1;-1. The van der Waals surface area contributed by atoms with E-state index < -0.39 is 17.7 Å².